The molecule has 2 amide bonds. The number of urea groups is 1. The van der Waals surface area contributed by atoms with Crippen LogP contribution >= 0.6 is 11.7 Å². The molecule has 0 saturated carbocycles. The summed E-state index contributed by atoms with van der Waals surface area (Å²) in [6.07, 6.45) is 0.854. The Morgan fingerprint density at radius 2 is 1.81 bits per heavy atom. The third kappa shape index (κ3) is 5.24. The molecule has 0 unspecified atom stereocenters. The minimum atomic E-state index is -0.0842. The third-order valence-electron chi connectivity index (χ3n) is 4.45. The maximum atomic E-state index is 12.8. The summed E-state index contributed by atoms with van der Waals surface area (Å²) in [6.45, 7) is 1.42. The molecule has 142 valence electrons. The van der Waals surface area contributed by atoms with Crippen molar-refractivity contribution in [1.82, 2.24) is 23.9 Å². The van der Waals surface area contributed by atoms with Gasteiger partial charge in [0, 0.05) is 13.6 Å². The molecule has 0 aliphatic heterocycles. The van der Waals surface area contributed by atoms with E-state index < -0.39 is 0 Å². The Morgan fingerprint density at radius 1 is 1.07 bits per heavy atom. The largest absolute Gasteiger partial charge is 0.331 e. The van der Waals surface area contributed by atoms with Crippen LogP contribution in [0.5, 0.6) is 0 Å². The molecule has 0 spiro atoms. The van der Waals surface area contributed by atoms with Crippen molar-refractivity contribution in [2.24, 2.45) is 0 Å². The zero-order valence-electron chi connectivity index (χ0n) is 15.9. The van der Waals surface area contributed by atoms with Gasteiger partial charge in [-0.1, -0.05) is 36.4 Å². The van der Waals surface area contributed by atoms with Crippen molar-refractivity contribution in [2.75, 3.05) is 27.7 Å². The molecule has 1 atom stereocenters. The lowest BCUT2D eigenvalue weighted by molar-refractivity contribution is 0.201. The van der Waals surface area contributed by atoms with E-state index in [1.165, 1.54) is 11.7 Å². The van der Waals surface area contributed by atoms with Crippen LogP contribution in [0.2, 0.25) is 0 Å². The second-order valence-corrected chi connectivity index (χ2v) is 7.48. The molecular formula is C20H25N5OS. The Hall–Kier alpha value is -2.51. The van der Waals surface area contributed by atoms with Crippen LogP contribution in [0.3, 0.4) is 0 Å². The molecule has 1 N–H and O–H groups in total. The number of aromatic nitrogens is 2. The van der Waals surface area contributed by atoms with E-state index in [0.29, 0.717) is 6.54 Å². The number of hydrogen-bond donors (Lipinski definition) is 1. The van der Waals surface area contributed by atoms with Crippen molar-refractivity contribution in [1.29, 1.82) is 0 Å². The molecule has 0 aliphatic rings. The van der Waals surface area contributed by atoms with Gasteiger partial charge in [0.1, 0.15) is 11.0 Å². The zero-order chi connectivity index (χ0) is 19.2. The molecule has 27 heavy (non-hydrogen) atoms. The Balaban J connectivity index is 1.66. The summed E-state index contributed by atoms with van der Waals surface area (Å²) < 4.78 is 8.48. The maximum absolute atomic E-state index is 12.8. The van der Waals surface area contributed by atoms with Gasteiger partial charge in [0.15, 0.2) is 0 Å². The molecule has 0 radical (unpaired) electrons. The molecule has 0 bridgehead atoms. The van der Waals surface area contributed by atoms with E-state index in [1.54, 1.807) is 4.90 Å². The van der Waals surface area contributed by atoms with Crippen molar-refractivity contribution < 1.29 is 4.79 Å². The van der Waals surface area contributed by atoms with Crippen LogP contribution in [-0.2, 0) is 6.54 Å². The fraction of sp³-hybridized carbons (Fsp3) is 0.350. The predicted octanol–water partition coefficient (Wildman–Crippen LogP) is 3.53. The number of nitrogens with zero attached hydrogens (tertiary/aromatic N) is 4. The van der Waals surface area contributed by atoms with Gasteiger partial charge in [-0.3, -0.25) is 0 Å². The van der Waals surface area contributed by atoms with Crippen LogP contribution in [0.4, 0.5) is 4.79 Å². The number of benzene rings is 2. The van der Waals surface area contributed by atoms with Crippen molar-refractivity contribution in [3.05, 3.63) is 59.7 Å². The van der Waals surface area contributed by atoms with E-state index in [0.717, 1.165) is 35.1 Å². The Bertz CT molecular complexity index is 880. The van der Waals surface area contributed by atoms with Gasteiger partial charge in [0.25, 0.3) is 0 Å². The van der Waals surface area contributed by atoms with Gasteiger partial charge in [-0.05, 0) is 50.3 Å². The molecular weight excluding hydrogens is 358 g/mol. The second-order valence-electron chi connectivity index (χ2n) is 6.95. The van der Waals surface area contributed by atoms with Crippen LogP contribution < -0.4 is 5.32 Å². The first kappa shape index (κ1) is 19.3. The van der Waals surface area contributed by atoms with Crippen molar-refractivity contribution in [3.8, 4) is 0 Å². The fourth-order valence-corrected chi connectivity index (χ4v) is 3.44. The first-order valence-corrected chi connectivity index (χ1v) is 9.68. The van der Waals surface area contributed by atoms with E-state index in [9.17, 15) is 4.79 Å². The highest BCUT2D eigenvalue weighted by atomic mass is 32.1. The number of nitrogens with one attached hydrogen (secondary N) is 1. The van der Waals surface area contributed by atoms with Gasteiger partial charge in [-0.2, -0.15) is 8.75 Å². The first-order chi connectivity index (χ1) is 13.0. The summed E-state index contributed by atoms with van der Waals surface area (Å²) in [7, 11) is 5.89. The summed E-state index contributed by atoms with van der Waals surface area (Å²) in [5, 5.41) is 3.18. The quantitative estimate of drug-likeness (QED) is 0.678. The Morgan fingerprint density at radius 3 is 2.56 bits per heavy atom. The Kier molecular flexibility index (Phi) is 6.36. The van der Waals surface area contributed by atoms with E-state index in [1.807, 2.05) is 57.5 Å². The summed E-state index contributed by atoms with van der Waals surface area (Å²) in [6, 6.07) is 15.9. The topological polar surface area (TPSA) is 61.4 Å². The Labute approximate surface area is 164 Å². The number of carbonyl (C=O) groups excluding carboxylic acids is 1. The van der Waals surface area contributed by atoms with Gasteiger partial charge < -0.3 is 15.1 Å². The average Bonchev–Trinajstić information content (AvgIpc) is 3.13. The normalized spacial score (nSPS) is 12.3. The van der Waals surface area contributed by atoms with E-state index in [-0.39, 0.29) is 12.1 Å². The molecule has 0 aliphatic carbocycles. The molecule has 3 aromatic rings. The molecule has 7 heteroatoms. The van der Waals surface area contributed by atoms with E-state index in [4.69, 9.17) is 0 Å². The summed E-state index contributed by atoms with van der Waals surface area (Å²) in [5.41, 5.74) is 3.93. The van der Waals surface area contributed by atoms with Crippen LogP contribution in [0.25, 0.3) is 11.0 Å². The average molecular weight is 384 g/mol. The monoisotopic (exact) mass is 383 g/mol. The SMILES string of the molecule is CN(C)CC[C@@H](NC(=O)N(C)Cc1ccc2nsnc2c1)c1ccccc1. The van der Waals surface area contributed by atoms with Crippen LogP contribution in [-0.4, -0.2) is 52.3 Å². The summed E-state index contributed by atoms with van der Waals surface area (Å²) in [4.78, 5) is 16.6. The smallest absolute Gasteiger partial charge is 0.317 e. The number of fused-ring (bicyclic) bond motifs is 1. The van der Waals surface area contributed by atoms with Gasteiger partial charge in [-0.15, -0.1) is 0 Å². The number of amides is 2. The molecule has 1 heterocycles. The predicted molar refractivity (Wildman–Crippen MR) is 110 cm³/mol. The van der Waals surface area contributed by atoms with Gasteiger partial charge in [-0.25, -0.2) is 4.79 Å². The summed E-state index contributed by atoms with van der Waals surface area (Å²) in [5.74, 6) is 0. The minimum absolute atomic E-state index is 0.0197. The second kappa shape index (κ2) is 8.92. The molecule has 2 aromatic carbocycles. The van der Waals surface area contributed by atoms with Gasteiger partial charge in [0.05, 0.1) is 17.8 Å². The highest BCUT2D eigenvalue weighted by Gasteiger charge is 2.17. The van der Waals surface area contributed by atoms with Crippen molar-refractivity contribution in [2.45, 2.75) is 19.0 Å². The third-order valence-corrected chi connectivity index (χ3v) is 5.01. The lowest BCUT2D eigenvalue weighted by atomic mass is 10.0. The van der Waals surface area contributed by atoms with Crippen LogP contribution in [0.1, 0.15) is 23.6 Å². The van der Waals surface area contributed by atoms with Crippen LogP contribution in [0, 0.1) is 0 Å². The number of rotatable bonds is 7. The van der Waals surface area contributed by atoms with Crippen LogP contribution in [0.15, 0.2) is 48.5 Å². The highest BCUT2D eigenvalue weighted by molar-refractivity contribution is 7.00. The van der Waals surface area contributed by atoms with Gasteiger partial charge in [0.2, 0.25) is 0 Å². The van der Waals surface area contributed by atoms with E-state index >= 15 is 0 Å². The lowest BCUT2D eigenvalue weighted by Crippen LogP contribution is -2.39. The summed E-state index contributed by atoms with van der Waals surface area (Å²) >= 11 is 1.20. The first-order valence-electron chi connectivity index (χ1n) is 8.95. The van der Waals surface area contributed by atoms with Gasteiger partial charge >= 0.3 is 6.03 Å². The zero-order valence-corrected chi connectivity index (χ0v) is 16.7. The molecule has 6 nitrogen and oxygen atoms in total. The lowest BCUT2D eigenvalue weighted by Gasteiger charge is -2.25. The number of hydrogen-bond acceptors (Lipinski definition) is 5. The molecule has 0 fully saturated rings. The maximum Gasteiger partial charge on any atom is 0.317 e. The fourth-order valence-electron chi connectivity index (χ4n) is 2.93. The van der Waals surface area contributed by atoms with Crippen molar-refractivity contribution in [3.63, 3.8) is 0 Å². The van der Waals surface area contributed by atoms with Crippen molar-refractivity contribution >= 4 is 28.8 Å². The van der Waals surface area contributed by atoms with E-state index in [2.05, 4.69) is 31.1 Å². The molecule has 1 aromatic heterocycles. The highest BCUT2D eigenvalue weighted by Crippen LogP contribution is 2.18. The standard InChI is InChI=1S/C20H25N5OS/c1-24(2)12-11-17(16-7-5-4-6-8-16)21-20(26)25(3)14-15-9-10-18-19(13-15)23-27-22-18/h4-10,13,17H,11-12,14H2,1-3H3,(H,21,26)/t17-/m1/s1. The number of carbonyl (C=O) groups is 1. The molecule has 0 saturated heterocycles. The molecule has 3 rings (SSSR count). The minimum Gasteiger partial charge on any atom is -0.331 e.